The minimum absolute atomic E-state index is 0.106. The Morgan fingerprint density at radius 3 is 3.00 bits per heavy atom. The molecule has 1 heterocycles. The van der Waals surface area contributed by atoms with Crippen molar-refractivity contribution >= 4 is 16.7 Å². The predicted molar refractivity (Wildman–Crippen MR) is 61.0 cm³/mol. The molecule has 0 saturated carbocycles. The first-order chi connectivity index (χ1) is 7.22. The fourth-order valence-corrected chi connectivity index (χ4v) is 1.73. The highest BCUT2D eigenvalue weighted by molar-refractivity contribution is 6.08. The quantitative estimate of drug-likeness (QED) is 0.748. The molecule has 0 unspecified atom stereocenters. The number of rotatable bonds is 3. The van der Waals surface area contributed by atoms with Crippen molar-refractivity contribution in [3.8, 4) is 0 Å². The van der Waals surface area contributed by atoms with Crippen molar-refractivity contribution in [2.75, 3.05) is 6.54 Å². The topological polar surface area (TPSA) is 58.9 Å². The summed E-state index contributed by atoms with van der Waals surface area (Å²) >= 11 is 0. The highest BCUT2D eigenvalue weighted by Crippen LogP contribution is 2.20. The first-order valence-corrected chi connectivity index (χ1v) is 5.03. The Hall–Kier alpha value is -1.61. The number of aromatic nitrogens is 1. The van der Waals surface area contributed by atoms with E-state index in [2.05, 4.69) is 4.98 Å². The van der Waals surface area contributed by atoms with Gasteiger partial charge in [0.05, 0.1) is 0 Å². The van der Waals surface area contributed by atoms with E-state index in [0.29, 0.717) is 13.0 Å². The minimum Gasteiger partial charge on any atom is -0.360 e. The van der Waals surface area contributed by atoms with Crippen LogP contribution >= 0.6 is 0 Å². The van der Waals surface area contributed by atoms with Gasteiger partial charge in [0, 0.05) is 29.1 Å². The van der Waals surface area contributed by atoms with Crippen molar-refractivity contribution in [2.24, 2.45) is 5.73 Å². The summed E-state index contributed by atoms with van der Waals surface area (Å²) in [6, 6.07) is 6.04. The lowest BCUT2D eigenvalue weighted by molar-refractivity contribution is 0.0987. The van der Waals surface area contributed by atoms with E-state index in [1.165, 1.54) is 0 Å². The van der Waals surface area contributed by atoms with Crippen molar-refractivity contribution in [3.63, 3.8) is 0 Å². The third-order valence-corrected chi connectivity index (χ3v) is 2.51. The summed E-state index contributed by atoms with van der Waals surface area (Å²) in [4.78, 5) is 14.8. The number of aryl methyl sites for hydroxylation is 1. The van der Waals surface area contributed by atoms with Crippen molar-refractivity contribution in [1.29, 1.82) is 0 Å². The number of benzene rings is 1. The standard InChI is InChI=1S/C12H14N2O/c1-8-2-3-11-9(6-8)10(7-14-11)12(15)4-5-13/h2-3,6-7,14H,4-5,13H2,1H3. The fraction of sp³-hybridized carbons (Fsp3) is 0.250. The minimum atomic E-state index is 0.106. The molecule has 2 aromatic rings. The molecule has 0 aliphatic heterocycles. The van der Waals surface area contributed by atoms with E-state index < -0.39 is 0 Å². The molecule has 0 spiro atoms. The maximum atomic E-state index is 11.7. The number of carbonyl (C=O) groups is 1. The van der Waals surface area contributed by atoms with Crippen molar-refractivity contribution in [3.05, 3.63) is 35.5 Å². The number of hydrogen-bond donors (Lipinski definition) is 2. The van der Waals surface area contributed by atoms with Crippen LogP contribution in [0, 0.1) is 6.92 Å². The molecule has 78 valence electrons. The van der Waals surface area contributed by atoms with E-state index in [1.54, 1.807) is 6.20 Å². The van der Waals surface area contributed by atoms with Crippen LogP contribution in [0.3, 0.4) is 0 Å². The Bertz CT molecular complexity index is 499. The fourth-order valence-electron chi connectivity index (χ4n) is 1.73. The summed E-state index contributed by atoms with van der Waals surface area (Å²) in [7, 11) is 0. The van der Waals surface area contributed by atoms with Gasteiger partial charge in [0.2, 0.25) is 0 Å². The Morgan fingerprint density at radius 2 is 2.27 bits per heavy atom. The molecular weight excluding hydrogens is 188 g/mol. The second-order valence-corrected chi connectivity index (χ2v) is 3.71. The highest BCUT2D eigenvalue weighted by Gasteiger charge is 2.10. The summed E-state index contributed by atoms with van der Waals surface area (Å²) in [5.74, 6) is 0.106. The van der Waals surface area contributed by atoms with E-state index in [9.17, 15) is 4.79 Å². The largest absolute Gasteiger partial charge is 0.360 e. The highest BCUT2D eigenvalue weighted by atomic mass is 16.1. The number of Topliss-reactive ketones (excluding diaryl/α,β-unsaturated/α-hetero) is 1. The summed E-state index contributed by atoms with van der Waals surface area (Å²) in [6.45, 7) is 2.42. The molecule has 0 amide bonds. The molecule has 3 heteroatoms. The summed E-state index contributed by atoms with van der Waals surface area (Å²) < 4.78 is 0. The number of carbonyl (C=O) groups excluding carboxylic acids is 1. The molecule has 0 atom stereocenters. The molecule has 0 aliphatic rings. The smallest absolute Gasteiger partial charge is 0.166 e. The number of fused-ring (bicyclic) bond motifs is 1. The maximum absolute atomic E-state index is 11.7. The van der Waals surface area contributed by atoms with Gasteiger partial charge in [-0.1, -0.05) is 11.6 Å². The zero-order chi connectivity index (χ0) is 10.8. The molecule has 0 fully saturated rings. The number of aromatic amines is 1. The molecule has 2 rings (SSSR count). The second kappa shape index (κ2) is 3.87. The van der Waals surface area contributed by atoms with Crippen LogP contribution in [0.5, 0.6) is 0 Å². The molecule has 0 bridgehead atoms. The Labute approximate surface area is 88.3 Å². The predicted octanol–water partition coefficient (Wildman–Crippen LogP) is 2.01. The van der Waals surface area contributed by atoms with Gasteiger partial charge in [-0.15, -0.1) is 0 Å². The molecule has 3 nitrogen and oxygen atoms in total. The number of nitrogens with two attached hydrogens (primary N) is 1. The number of nitrogens with one attached hydrogen (secondary N) is 1. The summed E-state index contributed by atoms with van der Waals surface area (Å²) in [5.41, 5.74) is 8.28. The van der Waals surface area contributed by atoms with Crippen LogP contribution in [-0.4, -0.2) is 17.3 Å². The second-order valence-electron chi connectivity index (χ2n) is 3.71. The first-order valence-electron chi connectivity index (χ1n) is 5.03. The van der Waals surface area contributed by atoms with Gasteiger partial charge in [0.15, 0.2) is 5.78 Å². The molecule has 3 N–H and O–H groups in total. The number of ketones is 1. The average Bonchev–Trinajstić information content (AvgIpc) is 2.60. The lowest BCUT2D eigenvalue weighted by Gasteiger charge is -1.98. The zero-order valence-corrected chi connectivity index (χ0v) is 8.71. The van der Waals surface area contributed by atoms with E-state index in [4.69, 9.17) is 5.73 Å². The van der Waals surface area contributed by atoms with Gasteiger partial charge in [-0.25, -0.2) is 0 Å². The van der Waals surface area contributed by atoms with Gasteiger partial charge in [-0.3, -0.25) is 4.79 Å². The van der Waals surface area contributed by atoms with Gasteiger partial charge in [0.25, 0.3) is 0 Å². The van der Waals surface area contributed by atoms with Gasteiger partial charge in [0.1, 0.15) is 0 Å². The number of hydrogen-bond acceptors (Lipinski definition) is 2. The molecular formula is C12H14N2O. The maximum Gasteiger partial charge on any atom is 0.166 e. The van der Waals surface area contributed by atoms with Gasteiger partial charge < -0.3 is 10.7 Å². The molecule has 0 saturated heterocycles. The third-order valence-electron chi connectivity index (χ3n) is 2.51. The molecule has 15 heavy (non-hydrogen) atoms. The average molecular weight is 202 g/mol. The van der Waals surface area contributed by atoms with Crippen LogP contribution in [0.4, 0.5) is 0 Å². The van der Waals surface area contributed by atoms with Gasteiger partial charge in [-0.05, 0) is 25.6 Å². The van der Waals surface area contributed by atoms with Crippen LogP contribution in [0.25, 0.3) is 10.9 Å². The van der Waals surface area contributed by atoms with Gasteiger partial charge in [-0.2, -0.15) is 0 Å². The van der Waals surface area contributed by atoms with Crippen LogP contribution < -0.4 is 5.73 Å². The van der Waals surface area contributed by atoms with Crippen LogP contribution in [0.2, 0.25) is 0 Å². The molecule has 1 aromatic heterocycles. The van der Waals surface area contributed by atoms with E-state index >= 15 is 0 Å². The Morgan fingerprint density at radius 1 is 1.47 bits per heavy atom. The van der Waals surface area contributed by atoms with Gasteiger partial charge >= 0.3 is 0 Å². The summed E-state index contributed by atoms with van der Waals surface area (Å²) in [6.07, 6.45) is 2.17. The lowest BCUT2D eigenvalue weighted by atomic mass is 10.1. The molecule has 0 aliphatic carbocycles. The number of H-pyrrole nitrogens is 1. The Kier molecular flexibility index (Phi) is 2.56. The first kappa shape index (κ1) is 9.93. The normalized spacial score (nSPS) is 10.8. The lowest BCUT2D eigenvalue weighted by Crippen LogP contribution is -2.07. The molecule has 1 aromatic carbocycles. The van der Waals surface area contributed by atoms with Crippen LogP contribution in [-0.2, 0) is 0 Å². The zero-order valence-electron chi connectivity index (χ0n) is 8.71. The van der Waals surface area contributed by atoms with E-state index in [-0.39, 0.29) is 5.78 Å². The van der Waals surface area contributed by atoms with Crippen molar-refractivity contribution < 1.29 is 4.79 Å². The Balaban J connectivity index is 2.52. The van der Waals surface area contributed by atoms with E-state index in [1.807, 2.05) is 25.1 Å². The summed E-state index contributed by atoms with van der Waals surface area (Å²) in [5, 5.41) is 0.994. The monoisotopic (exact) mass is 202 g/mol. The molecule has 0 radical (unpaired) electrons. The van der Waals surface area contributed by atoms with E-state index in [0.717, 1.165) is 22.0 Å². The SMILES string of the molecule is Cc1ccc2[nH]cc(C(=O)CCN)c2c1. The van der Waals surface area contributed by atoms with Crippen molar-refractivity contribution in [2.45, 2.75) is 13.3 Å². The van der Waals surface area contributed by atoms with Crippen LogP contribution in [0.1, 0.15) is 22.3 Å². The third kappa shape index (κ3) is 1.78. The van der Waals surface area contributed by atoms with Crippen molar-refractivity contribution in [1.82, 2.24) is 4.98 Å². The van der Waals surface area contributed by atoms with Crippen LogP contribution in [0.15, 0.2) is 24.4 Å².